The highest BCUT2D eigenvalue weighted by atomic mass is 16.6. The van der Waals surface area contributed by atoms with Crippen molar-refractivity contribution in [3.05, 3.63) is 59.2 Å². The Kier molecular flexibility index (Phi) is 5.16. The molecule has 0 aliphatic heterocycles. The van der Waals surface area contributed by atoms with Crippen LogP contribution in [-0.4, -0.2) is 13.1 Å². The van der Waals surface area contributed by atoms with E-state index in [0.717, 1.165) is 5.56 Å². The van der Waals surface area contributed by atoms with E-state index in [9.17, 15) is 4.79 Å². The molecule has 0 saturated heterocycles. The predicted molar refractivity (Wildman–Crippen MR) is 82.8 cm³/mol. The SMILES string of the molecule is COc1cc(C#N)ccc1OC(=O)CCc1cccc(C)c1. The monoisotopic (exact) mass is 295 g/mol. The number of esters is 1. The molecule has 0 bridgehead atoms. The van der Waals surface area contributed by atoms with E-state index in [-0.39, 0.29) is 12.4 Å². The van der Waals surface area contributed by atoms with Crippen LogP contribution in [-0.2, 0) is 11.2 Å². The molecule has 0 heterocycles. The minimum absolute atomic E-state index is 0.284. The smallest absolute Gasteiger partial charge is 0.311 e. The predicted octanol–water partition coefficient (Wildman–Crippen LogP) is 3.41. The fourth-order valence-corrected chi connectivity index (χ4v) is 2.11. The van der Waals surface area contributed by atoms with Crippen LogP contribution in [0.3, 0.4) is 0 Å². The maximum atomic E-state index is 12.0. The Morgan fingerprint density at radius 2 is 2.00 bits per heavy atom. The molecule has 4 heteroatoms. The summed E-state index contributed by atoms with van der Waals surface area (Å²) < 4.78 is 10.5. The minimum Gasteiger partial charge on any atom is -0.493 e. The van der Waals surface area contributed by atoms with Gasteiger partial charge in [0.05, 0.1) is 18.7 Å². The summed E-state index contributed by atoms with van der Waals surface area (Å²) in [6.07, 6.45) is 0.908. The van der Waals surface area contributed by atoms with Gasteiger partial charge in [-0.05, 0) is 31.0 Å². The Balaban J connectivity index is 1.99. The van der Waals surface area contributed by atoms with E-state index in [4.69, 9.17) is 14.7 Å². The number of methoxy groups -OCH3 is 1. The number of nitrogens with zero attached hydrogens (tertiary/aromatic N) is 1. The van der Waals surface area contributed by atoms with Crippen LogP contribution in [0.5, 0.6) is 11.5 Å². The molecule has 4 nitrogen and oxygen atoms in total. The van der Waals surface area contributed by atoms with Crippen LogP contribution in [0.2, 0.25) is 0 Å². The van der Waals surface area contributed by atoms with Crippen LogP contribution in [0.25, 0.3) is 0 Å². The summed E-state index contributed by atoms with van der Waals surface area (Å²) in [6, 6.07) is 14.7. The molecular weight excluding hydrogens is 278 g/mol. The van der Waals surface area contributed by atoms with Gasteiger partial charge in [0.2, 0.25) is 0 Å². The first-order valence-corrected chi connectivity index (χ1v) is 6.96. The molecule has 0 atom stereocenters. The normalized spacial score (nSPS) is 9.86. The summed E-state index contributed by atoms with van der Waals surface area (Å²) >= 11 is 0. The van der Waals surface area contributed by atoms with Gasteiger partial charge in [0.15, 0.2) is 11.5 Å². The summed E-state index contributed by atoms with van der Waals surface area (Å²) in [4.78, 5) is 12.0. The number of carbonyl (C=O) groups excluding carboxylic acids is 1. The highest BCUT2D eigenvalue weighted by Gasteiger charge is 2.11. The van der Waals surface area contributed by atoms with Crippen LogP contribution in [0.15, 0.2) is 42.5 Å². The van der Waals surface area contributed by atoms with E-state index in [1.165, 1.54) is 12.7 Å². The lowest BCUT2D eigenvalue weighted by atomic mass is 10.1. The molecule has 0 unspecified atom stereocenters. The highest BCUT2D eigenvalue weighted by molar-refractivity contribution is 5.73. The first-order valence-electron chi connectivity index (χ1n) is 6.96. The first kappa shape index (κ1) is 15.6. The molecule has 0 spiro atoms. The number of hydrogen-bond acceptors (Lipinski definition) is 4. The van der Waals surface area contributed by atoms with E-state index in [1.54, 1.807) is 18.2 Å². The Morgan fingerprint density at radius 1 is 1.18 bits per heavy atom. The summed E-state index contributed by atoms with van der Waals surface area (Å²) in [5.41, 5.74) is 2.72. The topological polar surface area (TPSA) is 59.3 Å². The van der Waals surface area contributed by atoms with Gasteiger partial charge in [-0.3, -0.25) is 4.79 Å². The highest BCUT2D eigenvalue weighted by Crippen LogP contribution is 2.28. The van der Waals surface area contributed by atoms with Crippen LogP contribution in [0.4, 0.5) is 0 Å². The number of hydrogen-bond donors (Lipinski definition) is 0. The van der Waals surface area contributed by atoms with Crippen molar-refractivity contribution in [3.63, 3.8) is 0 Å². The second kappa shape index (κ2) is 7.28. The molecule has 2 aromatic carbocycles. The maximum absolute atomic E-state index is 12.0. The van der Waals surface area contributed by atoms with Gasteiger partial charge in [0.25, 0.3) is 0 Å². The Labute approximate surface area is 129 Å². The number of carbonyl (C=O) groups is 1. The number of benzene rings is 2. The van der Waals surface area contributed by atoms with Crippen LogP contribution in [0.1, 0.15) is 23.1 Å². The minimum atomic E-state index is -0.329. The standard InChI is InChI=1S/C18H17NO3/c1-13-4-3-5-14(10-13)7-9-18(20)22-16-8-6-15(12-19)11-17(16)21-2/h3-6,8,10-11H,7,9H2,1-2H3. The molecule has 2 rings (SSSR count). The lowest BCUT2D eigenvalue weighted by molar-refractivity contribution is -0.134. The van der Waals surface area contributed by atoms with E-state index in [2.05, 4.69) is 6.07 Å². The lowest BCUT2D eigenvalue weighted by Crippen LogP contribution is -2.10. The fraction of sp³-hybridized carbons (Fsp3) is 0.222. The molecule has 22 heavy (non-hydrogen) atoms. The van der Waals surface area contributed by atoms with Gasteiger partial charge in [-0.25, -0.2) is 0 Å². The van der Waals surface area contributed by atoms with E-state index < -0.39 is 0 Å². The fourth-order valence-electron chi connectivity index (χ4n) is 2.11. The van der Waals surface area contributed by atoms with Gasteiger partial charge in [-0.15, -0.1) is 0 Å². The number of ether oxygens (including phenoxy) is 2. The van der Waals surface area contributed by atoms with Gasteiger partial charge >= 0.3 is 5.97 Å². The third-order valence-electron chi connectivity index (χ3n) is 3.22. The van der Waals surface area contributed by atoms with Gasteiger partial charge in [0.1, 0.15) is 0 Å². The zero-order valence-electron chi connectivity index (χ0n) is 12.6. The average Bonchev–Trinajstić information content (AvgIpc) is 2.53. The molecule has 0 aromatic heterocycles. The molecule has 0 amide bonds. The second-order valence-corrected chi connectivity index (χ2v) is 4.94. The summed E-state index contributed by atoms with van der Waals surface area (Å²) in [5, 5.41) is 8.85. The van der Waals surface area contributed by atoms with Crippen molar-refractivity contribution in [3.8, 4) is 17.6 Å². The average molecular weight is 295 g/mol. The zero-order chi connectivity index (χ0) is 15.9. The van der Waals surface area contributed by atoms with Crippen molar-refractivity contribution in [2.24, 2.45) is 0 Å². The molecule has 0 aliphatic carbocycles. The third-order valence-corrected chi connectivity index (χ3v) is 3.22. The molecule has 0 N–H and O–H groups in total. The zero-order valence-corrected chi connectivity index (χ0v) is 12.6. The molecule has 0 radical (unpaired) electrons. The van der Waals surface area contributed by atoms with Crippen molar-refractivity contribution in [1.82, 2.24) is 0 Å². The first-order chi connectivity index (χ1) is 10.6. The molecular formula is C18H17NO3. The maximum Gasteiger partial charge on any atom is 0.311 e. The summed E-state index contributed by atoms with van der Waals surface area (Å²) in [6.45, 7) is 2.02. The summed E-state index contributed by atoms with van der Waals surface area (Å²) in [5.74, 6) is 0.378. The largest absolute Gasteiger partial charge is 0.493 e. The Hall–Kier alpha value is -2.80. The van der Waals surface area contributed by atoms with Gasteiger partial charge < -0.3 is 9.47 Å². The van der Waals surface area contributed by atoms with E-state index in [1.807, 2.05) is 31.2 Å². The molecule has 0 aliphatic rings. The van der Waals surface area contributed by atoms with Crippen molar-refractivity contribution >= 4 is 5.97 Å². The quantitative estimate of drug-likeness (QED) is 0.626. The number of rotatable bonds is 5. The van der Waals surface area contributed by atoms with Gasteiger partial charge in [0, 0.05) is 12.5 Å². The van der Waals surface area contributed by atoms with Gasteiger partial charge in [-0.2, -0.15) is 5.26 Å². The number of aryl methyl sites for hydroxylation is 2. The molecule has 0 fully saturated rings. The Bertz CT molecular complexity index is 717. The number of nitriles is 1. The summed E-state index contributed by atoms with van der Waals surface area (Å²) in [7, 11) is 1.47. The van der Waals surface area contributed by atoms with E-state index >= 15 is 0 Å². The van der Waals surface area contributed by atoms with Crippen LogP contribution < -0.4 is 9.47 Å². The van der Waals surface area contributed by atoms with E-state index in [0.29, 0.717) is 23.5 Å². The van der Waals surface area contributed by atoms with Crippen LogP contribution in [0, 0.1) is 18.3 Å². The van der Waals surface area contributed by atoms with Crippen molar-refractivity contribution in [2.45, 2.75) is 19.8 Å². The third kappa shape index (κ3) is 4.10. The Morgan fingerprint density at radius 3 is 2.68 bits per heavy atom. The molecule has 0 saturated carbocycles. The molecule has 2 aromatic rings. The second-order valence-electron chi connectivity index (χ2n) is 4.94. The van der Waals surface area contributed by atoms with Crippen molar-refractivity contribution in [2.75, 3.05) is 7.11 Å². The van der Waals surface area contributed by atoms with Gasteiger partial charge in [-0.1, -0.05) is 29.8 Å². The van der Waals surface area contributed by atoms with Crippen LogP contribution >= 0.6 is 0 Å². The molecule has 112 valence electrons. The van der Waals surface area contributed by atoms with Crippen molar-refractivity contribution < 1.29 is 14.3 Å². The lowest BCUT2D eigenvalue weighted by Gasteiger charge is -2.09. The van der Waals surface area contributed by atoms with Crippen molar-refractivity contribution in [1.29, 1.82) is 5.26 Å².